The second-order valence-electron chi connectivity index (χ2n) is 2.41. The zero-order valence-electron chi connectivity index (χ0n) is 5.04. The van der Waals surface area contributed by atoms with Crippen molar-refractivity contribution < 1.29 is 15.3 Å². The van der Waals surface area contributed by atoms with E-state index in [0.717, 1.165) is 0 Å². The SMILES string of the molecule is OC[C@]1(O)CNC[C@H]1O. The van der Waals surface area contributed by atoms with Gasteiger partial charge in [0.1, 0.15) is 5.60 Å². The molecule has 0 aromatic heterocycles. The molecule has 4 N–H and O–H groups in total. The quantitative estimate of drug-likeness (QED) is 0.324. The van der Waals surface area contributed by atoms with Gasteiger partial charge < -0.3 is 20.6 Å². The van der Waals surface area contributed by atoms with E-state index in [-0.39, 0.29) is 13.2 Å². The molecule has 0 unspecified atom stereocenters. The maximum absolute atomic E-state index is 9.21. The van der Waals surface area contributed by atoms with E-state index >= 15 is 0 Å². The second-order valence-corrected chi connectivity index (χ2v) is 2.41. The Morgan fingerprint density at radius 2 is 2.33 bits per heavy atom. The van der Waals surface area contributed by atoms with Crippen molar-refractivity contribution in [3.8, 4) is 0 Å². The minimum atomic E-state index is -1.31. The van der Waals surface area contributed by atoms with Gasteiger partial charge in [0.15, 0.2) is 0 Å². The van der Waals surface area contributed by atoms with Gasteiger partial charge in [-0.2, -0.15) is 0 Å². The molecule has 0 aromatic rings. The van der Waals surface area contributed by atoms with Crippen LogP contribution >= 0.6 is 0 Å². The van der Waals surface area contributed by atoms with Crippen molar-refractivity contribution in [2.45, 2.75) is 11.7 Å². The lowest BCUT2D eigenvalue weighted by molar-refractivity contribution is -0.0731. The summed E-state index contributed by atoms with van der Waals surface area (Å²) in [5.41, 5.74) is -1.31. The predicted octanol–water partition coefficient (Wildman–Crippen LogP) is -2.33. The van der Waals surface area contributed by atoms with Crippen LogP contribution in [0.2, 0.25) is 0 Å². The van der Waals surface area contributed by atoms with Crippen molar-refractivity contribution in [1.82, 2.24) is 5.32 Å². The third-order valence-electron chi connectivity index (χ3n) is 1.66. The molecule has 1 heterocycles. The van der Waals surface area contributed by atoms with E-state index in [2.05, 4.69) is 5.32 Å². The number of aliphatic hydroxyl groups excluding tert-OH is 2. The largest absolute Gasteiger partial charge is 0.393 e. The molecule has 0 aromatic carbocycles. The smallest absolute Gasteiger partial charge is 0.127 e. The lowest BCUT2D eigenvalue weighted by Crippen LogP contribution is -2.44. The monoisotopic (exact) mass is 133 g/mol. The van der Waals surface area contributed by atoms with Crippen molar-refractivity contribution in [1.29, 1.82) is 0 Å². The first-order valence-corrected chi connectivity index (χ1v) is 2.91. The van der Waals surface area contributed by atoms with Gasteiger partial charge in [0.25, 0.3) is 0 Å². The highest BCUT2D eigenvalue weighted by molar-refractivity contribution is 4.95. The second kappa shape index (κ2) is 2.22. The first kappa shape index (κ1) is 6.95. The Balaban J connectivity index is 2.56. The fourth-order valence-electron chi connectivity index (χ4n) is 0.894. The first-order valence-electron chi connectivity index (χ1n) is 2.91. The van der Waals surface area contributed by atoms with Gasteiger partial charge in [-0.05, 0) is 0 Å². The van der Waals surface area contributed by atoms with Gasteiger partial charge in [-0.25, -0.2) is 0 Å². The summed E-state index contributed by atoms with van der Waals surface area (Å²) in [6.07, 6.45) is -0.831. The Bertz CT molecular complexity index is 108. The van der Waals surface area contributed by atoms with E-state index in [4.69, 9.17) is 10.2 Å². The van der Waals surface area contributed by atoms with Gasteiger partial charge in [0.05, 0.1) is 12.7 Å². The van der Waals surface area contributed by atoms with Gasteiger partial charge in [-0.15, -0.1) is 0 Å². The lowest BCUT2D eigenvalue weighted by Gasteiger charge is -2.21. The van der Waals surface area contributed by atoms with E-state index in [9.17, 15) is 5.11 Å². The molecule has 0 spiro atoms. The van der Waals surface area contributed by atoms with E-state index in [1.54, 1.807) is 0 Å². The Morgan fingerprint density at radius 1 is 1.67 bits per heavy atom. The van der Waals surface area contributed by atoms with Crippen molar-refractivity contribution in [3.63, 3.8) is 0 Å². The van der Waals surface area contributed by atoms with Crippen LogP contribution in [-0.4, -0.2) is 46.7 Å². The molecule has 0 amide bonds. The van der Waals surface area contributed by atoms with Crippen LogP contribution in [0.3, 0.4) is 0 Å². The maximum Gasteiger partial charge on any atom is 0.127 e. The van der Waals surface area contributed by atoms with Crippen molar-refractivity contribution in [3.05, 3.63) is 0 Å². The summed E-state index contributed by atoms with van der Waals surface area (Å²) in [6.45, 7) is 0.239. The molecular formula is C5H11NO3. The molecule has 4 nitrogen and oxygen atoms in total. The summed E-state index contributed by atoms with van der Waals surface area (Å²) in [6, 6.07) is 0. The number of β-amino-alcohol motifs (C(OH)–C–C–N with tert-alkyl or cyclic N) is 2. The molecule has 54 valence electrons. The topological polar surface area (TPSA) is 72.7 Å². The minimum absolute atomic E-state index is 0.269. The summed E-state index contributed by atoms with van der Waals surface area (Å²) >= 11 is 0. The predicted molar refractivity (Wildman–Crippen MR) is 30.9 cm³/mol. The standard InChI is InChI=1S/C5H11NO3/c7-3-5(9)2-6-1-4(5)8/h4,6-9H,1-3H2/t4-,5-/m1/s1. The number of aliphatic hydroxyl groups is 3. The molecule has 1 aliphatic rings. The summed E-state index contributed by atoms with van der Waals surface area (Å²) in [7, 11) is 0. The van der Waals surface area contributed by atoms with Gasteiger partial charge in [0, 0.05) is 13.1 Å². The van der Waals surface area contributed by atoms with Gasteiger partial charge in [-0.3, -0.25) is 0 Å². The van der Waals surface area contributed by atoms with Gasteiger partial charge in [-0.1, -0.05) is 0 Å². The molecule has 0 aliphatic carbocycles. The Labute approximate surface area is 53.1 Å². The number of hydrogen-bond acceptors (Lipinski definition) is 4. The van der Waals surface area contributed by atoms with Crippen molar-refractivity contribution in [2.75, 3.05) is 19.7 Å². The summed E-state index contributed by atoms with van der Waals surface area (Å²) < 4.78 is 0. The highest BCUT2D eigenvalue weighted by Gasteiger charge is 2.39. The molecule has 4 heteroatoms. The van der Waals surface area contributed by atoms with Crippen LogP contribution < -0.4 is 5.32 Å². The molecule has 1 saturated heterocycles. The molecule has 1 rings (SSSR count). The average Bonchev–Trinajstić information content (AvgIpc) is 2.15. The van der Waals surface area contributed by atoms with Gasteiger partial charge >= 0.3 is 0 Å². The van der Waals surface area contributed by atoms with Gasteiger partial charge in [0.2, 0.25) is 0 Å². The first-order chi connectivity index (χ1) is 4.19. The Morgan fingerprint density at radius 3 is 2.56 bits per heavy atom. The third-order valence-corrected chi connectivity index (χ3v) is 1.66. The fourth-order valence-corrected chi connectivity index (χ4v) is 0.894. The normalized spacial score (nSPS) is 43.7. The van der Waals surface area contributed by atoms with Crippen molar-refractivity contribution >= 4 is 0 Å². The molecular weight excluding hydrogens is 122 g/mol. The van der Waals surface area contributed by atoms with Crippen molar-refractivity contribution in [2.24, 2.45) is 0 Å². The van der Waals surface area contributed by atoms with Crippen LogP contribution in [0.25, 0.3) is 0 Å². The van der Waals surface area contributed by atoms with E-state index in [0.29, 0.717) is 6.54 Å². The van der Waals surface area contributed by atoms with Crippen LogP contribution in [0.5, 0.6) is 0 Å². The van der Waals surface area contributed by atoms with Crippen LogP contribution in [-0.2, 0) is 0 Å². The summed E-state index contributed by atoms with van der Waals surface area (Å²) in [5.74, 6) is 0. The fraction of sp³-hybridized carbons (Fsp3) is 1.00. The third kappa shape index (κ3) is 1.07. The highest BCUT2D eigenvalue weighted by Crippen LogP contribution is 2.13. The van der Waals surface area contributed by atoms with E-state index < -0.39 is 11.7 Å². The molecule has 1 aliphatic heterocycles. The zero-order valence-corrected chi connectivity index (χ0v) is 5.04. The lowest BCUT2D eigenvalue weighted by atomic mass is 10.0. The summed E-state index contributed by atoms with van der Waals surface area (Å²) in [5, 5.41) is 29.5. The average molecular weight is 133 g/mol. The molecule has 0 radical (unpaired) electrons. The molecule has 9 heavy (non-hydrogen) atoms. The number of nitrogens with one attached hydrogen (secondary N) is 1. The number of rotatable bonds is 1. The van der Waals surface area contributed by atoms with Crippen LogP contribution in [0.1, 0.15) is 0 Å². The Hall–Kier alpha value is -0.160. The summed E-state index contributed by atoms with van der Waals surface area (Å²) in [4.78, 5) is 0. The molecule has 2 atom stereocenters. The molecule has 0 bridgehead atoms. The Kier molecular flexibility index (Phi) is 1.72. The highest BCUT2D eigenvalue weighted by atomic mass is 16.4. The van der Waals surface area contributed by atoms with E-state index in [1.807, 2.05) is 0 Å². The van der Waals surface area contributed by atoms with Crippen LogP contribution in [0.4, 0.5) is 0 Å². The van der Waals surface area contributed by atoms with Crippen LogP contribution in [0.15, 0.2) is 0 Å². The van der Waals surface area contributed by atoms with E-state index in [1.165, 1.54) is 0 Å². The minimum Gasteiger partial charge on any atom is -0.393 e. The maximum atomic E-state index is 9.21. The zero-order chi connectivity index (χ0) is 6.91. The molecule has 0 saturated carbocycles. The van der Waals surface area contributed by atoms with Crippen LogP contribution in [0, 0.1) is 0 Å². The number of hydrogen-bond donors (Lipinski definition) is 4. The molecule has 1 fully saturated rings.